The van der Waals surface area contributed by atoms with Crippen molar-refractivity contribution >= 4 is 65.4 Å². The lowest BCUT2D eigenvalue weighted by molar-refractivity contribution is 0.432. The predicted molar refractivity (Wildman–Crippen MR) is 183 cm³/mol. The van der Waals surface area contributed by atoms with E-state index in [9.17, 15) is 0 Å². The molecule has 2 heteroatoms. The lowest BCUT2D eigenvalue weighted by Gasteiger charge is -2.35. The quantitative estimate of drug-likeness (QED) is 0.164. The van der Waals surface area contributed by atoms with Gasteiger partial charge >= 0.3 is 0 Å². The van der Waals surface area contributed by atoms with Gasteiger partial charge in [-0.15, -0.1) is 0 Å². The zero-order valence-electron chi connectivity index (χ0n) is 24.0. The molecular weight excluding hydrogens is 574 g/mol. The van der Waals surface area contributed by atoms with Gasteiger partial charge in [0.2, 0.25) is 0 Å². The molecule has 0 bridgehead atoms. The highest BCUT2D eigenvalue weighted by Gasteiger charge is 2.38. The number of hydrogen-bond acceptors (Lipinski definition) is 0. The van der Waals surface area contributed by atoms with Gasteiger partial charge in [-0.25, -0.2) is 0 Å². The Morgan fingerprint density at radius 1 is 0.595 bits per heavy atom. The molecule has 1 unspecified atom stereocenters. The van der Waals surface area contributed by atoms with Crippen LogP contribution < -0.4 is 0 Å². The van der Waals surface area contributed by atoms with Gasteiger partial charge in [0, 0.05) is 32.6 Å². The maximum Gasteiger partial charge on any atom is 0.0649 e. The van der Waals surface area contributed by atoms with E-state index in [1.165, 1.54) is 76.7 Å². The molecule has 0 fully saturated rings. The summed E-state index contributed by atoms with van der Waals surface area (Å²) < 4.78 is 3.75. The number of nitrogens with zero attached hydrogens (tertiary/aromatic N) is 1. The van der Waals surface area contributed by atoms with Crippen molar-refractivity contribution in [1.29, 1.82) is 0 Å². The van der Waals surface area contributed by atoms with Crippen molar-refractivity contribution in [3.63, 3.8) is 0 Å². The van der Waals surface area contributed by atoms with Gasteiger partial charge in [-0.05, 0) is 92.2 Å². The Morgan fingerprint density at radius 2 is 1.26 bits per heavy atom. The molecule has 2 aliphatic carbocycles. The van der Waals surface area contributed by atoms with Crippen molar-refractivity contribution < 1.29 is 0 Å². The van der Waals surface area contributed by atoms with E-state index in [4.69, 9.17) is 0 Å². The summed E-state index contributed by atoms with van der Waals surface area (Å²) in [6.07, 6.45) is 5.79. The van der Waals surface area contributed by atoms with Crippen LogP contribution in [0.3, 0.4) is 0 Å². The van der Waals surface area contributed by atoms with Gasteiger partial charge in [0.05, 0.1) is 11.1 Å². The average molecular weight is 605 g/mol. The summed E-state index contributed by atoms with van der Waals surface area (Å²) in [6.45, 7) is 7.18. The number of hydrogen-bond donors (Lipinski definition) is 0. The van der Waals surface area contributed by atoms with Crippen LogP contribution >= 0.6 is 15.9 Å². The van der Waals surface area contributed by atoms with Crippen LogP contribution in [0.4, 0.5) is 0 Å². The number of halogens is 1. The third kappa shape index (κ3) is 3.08. The van der Waals surface area contributed by atoms with Crippen molar-refractivity contribution in [1.82, 2.24) is 4.57 Å². The highest BCUT2D eigenvalue weighted by molar-refractivity contribution is 9.10. The van der Waals surface area contributed by atoms with Crippen molar-refractivity contribution in [2.45, 2.75) is 38.1 Å². The maximum atomic E-state index is 3.79. The molecule has 1 nitrogen and oxygen atoms in total. The van der Waals surface area contributed by atoms with Crippen LogP contribution in [0.2, 0.25) is 0 Å². The highest BCUT2D eigenvalue weighted by Crippen LogP contribution is 2.52. The highest BCUT2D eigenvalue weighted by atomic mass is 79.9. The molecule has 1 aromatic heterocycles. The zero-order chi connectivity index (χ0) is 28.4. The summed E-state index contributed by atoms with van der Waals surface area (Å²) in [7, 11) is 0. The molecule has 7 aromatic rings. The minimum atomic E-state index is -0.240. The Balaban J connectivity index is 1.36. The molecule has 0 saturated heterocycles. The number of benzene rings is 6. The van der Waals surface area contributed by atoms with Gasteiger partial charge in [0.25, 0.3) is 0 Å². The summed E-state index contributed by atoms with van der Waals surface area (Å²) in [5.41, 5.74) is 10.7. The number of aromatic nitrogens is 1. The fourth-order valence-electron chi connectivity index (χ4n) is 8.19. The van der Waals surface area contributed by atoms with Crippen LogP contribution in [0.5, 0.6) is 0 Å². The Labute approximate surface area is 254 Å². The smallest absolute Gasteiger partial charge is 0.0649 e. The van der Waals surface area contributed by atoms with E-state index in [-0.39, 0.29) is 11.0 Å². The number of allylic oxidation sites excluding steroid dienone is 1. The number of fused-ring (bicyclic) bond motifs is 12. The van der Waals surface area contributed by atoms with Gasteiger partial charge in [0.1, 0.15) is 0 Å². The largest absolute Gasteiger partial charge is 0.331 e. The lowest BCUT2D eigenvalue weighted by atomic mass is 9.79. The Hall–Kier alpha value is -4.14. The van der Waals surface area contributed by atoms with Gasteiger partial charge in [0.15, 0.2) is 0 Å². The van der Waals surface area contributed by atoms with E-state index >= 15 is 0 Å². The molecule has 6 aromatic carbocycles. The van der Waals surface area contributed by atoms with Crippen LogP contribution in [-0.4, -0.2) is 4.57 Å². The molecule has 0 N–H and O–H groups in total. The van der Waals surface area contributed by atoms with Crippen LogP contribution in [0.1, 0.15) is 43.0 Å². The van der Waals surface area contributed by atoms with E-state index in [1.807, 2.05) is 0 Å². The first-order valence-corrected chi connectivity index (χ1v) is 15.6. The predicted octanol–water partition coefficient (Wildman–Crippen LogP) is 11.2. The second kappa shape index (κ2) is 8.24. The van der Waals surface area contributed by atoms with Crippen LogP contribution in [0, 0.1) is 0 Å². The molecule has 0 saturated carbocycles. The molecule has 9 rings (SSSR count). The van der Waals surface area contributed by atoms with Gasteiger partial charge in [-0.3, -0.25) is 0 Å². The fraction of sp³-hybridized carbons (Fsp3) is 0.150. The topological polar surface area (TPSA) is 4.93 Å². The normalized spacial score (nSPS) is 18.6. The Morgan fingerprint density at radius 3 is 2.07 bits per heavy atom. The first-order chi connectivity index (χ1) is 20.3. The van der Waals surface area contributed by atoms with E-state index < -0.39 is 0 Å². The first-order valence-electron chi connectivity index (χ1n) is 14.9. The van der Waals surface area contributed by atoms with Crippen molar-refractivity contribution in [3.05, 3.63) is 136 Å². The van der Waals surface area contributed by atoms with Gasteiger partial charge in [-0.1, -0.05) is 115 Å². The van der Waals surface area contributed by atoms with Crippen molar-refractivity contribution in [2.75, 3.05) is 0 Å². The summed E-state index contributed by atoms with van der Waals surface area (Å²) in [6, 6.07) is 38.6. The number of rotatable bonds is 1. The summed E-state index contributed by atoms with van der Waals surface area (Å²) in [4.78, 5) is 0. The third-order valence-electron chi connectivity index (χ3n) is 10.2. The summed E-state index contributed by atoms with van der Waals surface area (Å²) >= 11 is 3.79. The molecule has 1 heterocycles. The minimum absolute atomic E-state index is 0.0486. The second-order valence-electron chi connectivity index (χ2n) is 12.9. The van der Waals surface area contributed by atoms with Crippen LogP contribution in [0.15, 0.2) is 114 Å². The summed E-state index contributed by atoms with van der Waals surface area (Å²) in [5.74, 6) is 0. The zero-order valence-corrected chi connectivity index (χ0v) is 25.6. The lowest BCUT2D eigenvalue weighted by Crippen LogP contribution is -2.32. The minimum Gasteiger partial charge on any atom is -0.331 e. The van der Waals surface area contributed by atoms with E-state index in [0.717, 1.165) is 10.9 Å². The van der Waals surface area contributed by atoms with Crippen molar-refractivity contribution in [3.8, 4) is 11.1 Å². The first kappa shape index (κ1) is 24.5. The SMILES string of the molecule is CC1(C)c2ccccc2-c2cc3c4cc(Br)ccc4n(C4(C)C=Cc5c(c6ccccc6c6ccccc56)C4)c3cc21. The average Bonchev–Trinajstić information content (AvgIpc) is 3.45. The standard InChI is InChI=1S/C40H30BrN/c1-39(2)35-15-9-8-14-30(35)31-21-33-32-20-24(41)16-17-37(32)42(38(33)22-36(31)39)40(3)19-18-29-27-12-5-4-10-25(27)26-11-6-7-13-28(26)34(29)23-40/h4-22H,23H2,1-3H3. The fourth-order valence-corrected chi connectivity index (χ4v) is 8.55. The molecular formula is C40H30BrN. The Bertz CT molecular complexity index is 2330. The van der Waals surface area contributed by atoms with E-state index in [1.54, 1.807) is 0 Å². The van der Waals surface area contributed by atoms with Crippen molar-refractivity contribution in [2.24, 2.45) is 0 Å². The molecule has 2 aliphatic rings. The second-order valence-corrected chi connectivity index (χ2v) is 13.8. The molecule has 0 amide bonds. The Kier molecular flexibility index (Phi) is 4.80. The maximum absolute atomic E-state index is 3.79. The van der Waals surface area contributed by atoms with Gasteiger partial charge in [-0.2, -0.15) is 0 Å². The monoisotopic (exact) mass is 603 g/mol. The molecule has 1 atom stereocenters. The molecule has 0 aliphatic heterocycles. The molecule has 42 heavy (non-hydrogen) atoms. The van der Waals surface area contributed by atoms with Gasteiger partial charge < -0.3 is 4.57 Å². The third-order valence-corrected chi connectivity index (χ3v) is 10.7. The van der Waals surface area contributed by atoms with E-state index in [2.05, 4.69) is 157 Å². The van der Waals surface area contributed by atoms with E-state index in [0.29, 0.717) is 0 Å². The molecule has 0 spiro atoms. The van der Waals surface area contributed by atoms with Crippen LogP contribution in [-0.2, 0) is 17.4 Å². The molecule has 0 radical (unpaired) electrons. The molecule has 202 valence electrons. The van der Waals surface area contributed by atoms with Crippen LogP contribution in [0.25, 0.3) is 60.6 Å². The summed E-state index contributed by atoms with van der Waals surface area (Å²) in [5, 5.41) is 8.00.